The Morgan fingerprint density at radius 3 is 2.58 bits per heavy atom. The number of primary amides is 1. The van der Waals surface area contributed by atoms with Gasteiger partial charge in [-0.1, -0.05) is 42.3 Å². The summed E-state index contributed by atoms with van der Waals surface area (Å²) in [5.41, 5.74) is 9.01. The van der Waals surface area contributed by atoms with Crippen LogP contribution in [0.3, 0.4) is 0 Å². The molecule has 1 aliphatic heterocycles. The summed E-state index contributed by atoms with van der Waals surface area (Å²) in [4.78, 5) is 16.2. The van der Waals surface area contributed by atoms with Crippen LogP contribution in [-0.4, -0.2) is 34.5 Å². The van der Waals surface area contributed by atoms with Gasteiger partial charge < -0.3 is 16.4 Å². The van der Waals surface area contributed by atoms with Gasteiger partial charge in [0, 0.05) is 43.1 Å². The van der Waals surface area contributed by atoms with E-state index in [1.807, 2.05) is 24.1 Å². The number of piperidine rings is 1. The molecule has 0 bridgehead atoms. The van der Waals surface area contributed by atoms with Crippen LogP contribution in [0, 0.1) is 5.82 Å². The minimum atomic E-state index is -0.595. The number of halogens is 1. The highest BCUT2D eigenvalue weighted by molar-refractivity contribution is 7.96. The number of carbonyl (C=O) groups excluding carboxylic acids is 1. The zero-order valence-electron chi connectivity index (χ0n) is 18.6. The summed E-state index contributed by atoms with van der Waals surface area (Å²) in [6, 6.07) is 16.6. The van der Waals surface area contributed by atoms with Gasteiger partial charge in [-0.25, -0.2) is 9.37 Å². The first kappa shape index (κ1) is 23.1. The van der Waals surface area contributed by atoms with Gasteiger partial charge in [0.15, 0.2) is 0 Å². The molecule has 1 aliphatic rings. The predicted molar refractivity (Wildman–Crippen MR) is 133 cm³/mol. The number of aromatic nitrogens is 1. The Labute approximate surface area is 197 Å². The minimum absolute atomic E-state index is 0.223. The number of anilines is 3. The average Bonchev–Trinajstić information content (AvgIpc) is 2.84. The first-order valence-corrected chi connectivity index (χ1v) is 12.1. The molecule has 1 amide bonds. The van der Waals surface area contributed by atoms with Gasteiger partial charge in [-0.2, -0.15) is 0 Å². The van der Waals surface area contributed by atoms with Gasteiger partial charge in [0.25, 0.3) is 5.91 Å². The number of nitrogens with one attached hydrogen (secondary N) is 2. The number of hydrogen-bond donors (Lipinski definition) is 3. The molecule has 4 rings (SSSR count). The fraction of sp³-hybridized carbons (Fsp3) is 0.280. The smallest absolute Gasteiger partial charge is 0.252 e. The van der Waals surface area contributed by atoms with Crippen molar-refractivity contribution in [2.75, 3.05) is 30.0 Å². The third-order valence-electron chi connectivity index (χ3n) is 5.96. The van der Waals surface area contributed by atoms with Crippen molar-refractivity contribution in [1.82, 2.24) is 9.29 Å². The maximum absolute atomic E-state index is 14.0. The normalized spacial score (nSPS) is 14.7. The summed E-state index contributed by atoms with van der Waals surface area (Å²) in [6.07, 6.45) is 5.90. The number of hydrogen-bond acceptors (Lipinski definition) is 6. The number of rotatable bonds is 8. The molecule has 8 heteroatoms. The van der Waals surface area contributed by atoms with Crippen LogP contribution in [0.25, 0.3) is 0 Å². The first-order chi connectivity index (χ1) is 16.0. The van der Waals surface area contributed by atoms with E-state index < -0.39 is 5.91 Å². The topological polar surface area (TPSA) is 83.3 Å². The molecule has 1 saturated heterocycles. The number of carbonyl (C=O) groups is 1. The first-order valence-electron chi connectivity index (χ1n) is 11.0. The molecule has 6 nitrogen and oxygen atoms in total. The molecule has 1 aromatic heterocycles. The fourth-order valence-corrected chi connectivity index (χ4v) is 4.63. The lowest BCUT2D eigenvalue weighted by molar-refractivity contribution is 0.100. The Morgan fingerprint density at radius 1 is 1.18 bits per heavy atom. The van der Waals surface area contributed by atoms with Crippen molar-refractivity contribution in [3.63, 3.8) is 0 Å². The summed E-state index contributed by atoms with van der Waals surface area (Å²) < 4.78 is 16.4. The summed E-state index contributed by atoms with van der Waals surface area (Å²) in [7, 11) is 0. The highest BCUT2D eigenvalue weighted by Gasteiger charge is 2.20. The van der Waals surface area contributed by atoms with Gasteiger partial charge in [-0.05, 0) is 48.8 Å². The average molecular weight is 466 g/mol. The van der Waals surface area contributed by atoms with E-state index in [4.69, 9.17) is 5.73 Å². The van der Waals surface area contributed by atoms with E-state index in [0.29, 0.717) is 23.0 Å². The van der Waals surface area contributed by atoms with E-state index >= 15 is 0 Å². The van der Waals surface area contributed by atoms with E-state index in [-0.39, 0.29) is 17.9 Å². The molecule has 3 aromatic rings. The molecule has 4 N–H and O–H groups in total. The number of nitrogens with two attached hydrogens (primary N) is 1. The zero-order chi connectivity index (χ0) is 23.2. The zero-order valence-corrected chi connectivity index (χ0v) is 19.4. The van der Waals surface area contributed by atoms with Gasteiger partial charge in [0.05, 0.1) is 11.3 Å². The Kier molecular flexibility index (Phi) is 7.47. The molecule has 0 atom stereocenters. The molecule has 0 radical (unpaired) electrons. The lowest BCUT2D eigenvalue weighted by Crippen LogP contribution is -2.27. The number of benzene rings is 2. The molecule has 0 spiro atoms. The molecule has 33 heavy (non-hydrogen) atoms. The molecule has 0 aliphatic carbocycles. The van der Waals surface area contributed by atoms with Crippen LogP contribution >= 0.6 is 11.9 Å². The van der Waals surface area contributed by atoms with E-state index in [2.05, 4.69) is 38.3 Å². The summed E-state index contributed by atoms with van der Waals surface area (Å²) in [6.45, 7) is 2.45. The lowest BCUT2D eigenvalue weighted by Gasteiger charge is -2.30. The van der Waals surface area contributed by atoms with E-state index in [1.165, 1.54) is 30.7 Å². The molecule has 0 unspecified atom stereocenters. The Morgan fingerprint density at radius 2 is 1.91 bits per heavy atom. The highest BCUT2D eigenvalue weighted by Crippen LogP contribution is 2.31. The van der Waals surface area contributed by atoms with E-state index in [9.17, 15) is 9.18 Å². The van der Waals surface area contributed by atoms with E-state index in [1.54, 1.807) is 24.3 Å². The van der Waals surface area contributed by atoms with Crippen molar-refractivity contribution in [1.29, 1.82) is 0 Å². The number of amides is 1. The van der Waals surface area contributed by atoms with Crippen molar-refractivity contribution in [2.45, 2.75) is 25.3 Å². The van der Waals surface area contributed by atoms with Gasteiger partial charge in [-0.15, -0.1) is 0 Å². The number of nitrogens with zero attached hydrogens (tertiary/aromatic N) is 2. The van der Waals surface area contributed by atoms with Gasteiger partial charge in [-0.3, -0.25) is 9.10 Å². The second-order valence-electron chi connectivity index (χ2n) is 8.06. The van der Waals surface area contributed by atoms with Crippen LogP contribution in [0.1, 0.15) is 40.2 Å². The summed E-state index contributed by atoms with van der Waals surface area (Å²) in [5, 5.41) is 6.39. The second-order valence-corrected chi connectivity index (χ2v) is 8.94. The van der Waals surface area contributed by atoms with Crippen LogP contribution in [0.15, 0.2) is 60.8 Å². The molecular formula is C25H28FN5OS. The SMILES string of the molecule is CSN1CCC(c2ccc(Nc3cc(NCc4ccccc4F)c(C(N)=O)cn3)cc2)CC1. The Balaban J connectivity index is 1.45. The van der Waals surface area contributed by atoms with Crippen molar-refractivity contribution >= 4 is 35.0 Å². The fourth-order valence-electron chi connectivity index (χ4n) is 4.06. The van der Waals surface area contributed by atoms with Crippen LogP contribution in [-0.2, 0) is 6.54 Å². The maximum atomic E-state index is 14.0. The van der Waals surface area contributed by atoms with Gasteiger partial charge in [0.1, 0.15) is 11.6 Å². The molecule has 2 heterocycles. The molecule has 0 saturated carbocycles. The molecule has 1 fully saturated rings. The molecular weight excluding hydrogens is 437 g/mol. The monoisotopic (exact) mass is 465 g/mol. The predicted octanol–water partition coefficient (Wildman–Crippen LogP) is 5.13. The van der Waals surface area contributed by atoms with Gasteiger partial charge in [0.2, 0.25) is 0 Å². The highest BCUT2D eigenvalue weighted by atomic mass is 32.2. The van der Waals surface area contributed by atoms with Crippen LogP contribution in [0.2, 0.25) is 0 Å². The Hall–Kier alpha value is -3.10. The van der Waals surface area contributed by atoms with Gasteiger partial charge >= 0.3 is 0 Å². The standard InChI is InChI=1S/C25H28FN5OS/c1-33-31-12-10-18(11-13-31)17-6-8-20(9-7-17)30-24-14-23(21(16-29-24)25(27)32)28-15-19-4-2-3-5-22(19)26/h2-9,14,16,18H,10-13,15H2,1H3,(H2,27,32)(H2,28,29,30). The Bertz CT molecular complexity index is 1100. The minimum Gasteiger partial charge on any atom is -0.380 e. The van der Waals surface area contributed by atoms with Crippen molar-refractivity contribution in [3.8, 4) is 0 Å². The second kappa shape index (κ2) is 10.7. The maximum Gasteiger partial charge on any atom is 0.252 e. The van der Waals surface area contributed by atoms with Crippen molar-refractivity contribution in [2.24, 2.45) is 5.73 Å². The van der Waals surface area contributed by atoms with Crippen molar-refractivity contribution in [3.05, 3.63) is 83.3 Å². The van der Waals surface area contributed by atoms with Crippen LogP contribution in [0.4, 0.5) is 21.6 Å². The lowest BCUT2D eigenvalue weighted by atomic mass is 9.90. The van der Waals surface area contributed by atoms with E-state index in [0.717, 1.165) is 18.8 Å². The summed E-state index contributed by atoms with van der Waals surface area (Å²) >= 11 is 1.82. The molecule has 172 valence electrons. The summed E-state index contributed by atoms with van der Waals surface area (Å²) in [5.74, 6) is 0.251. The largest absolute Gasteiger partial charge is 0.380 e. The quantitative estimate of drug-likeness (QED) is 0.400. The third kappa shape index (κ3) is 5.83. The van der Waals surface area contributed by atoms with Crippen molar-refractivity contribution < 1.29 is 9.18 Å². The van der Waals surface area contributed by atoms with Crippen LogP contribution in [0.5, 0.6) is 0 Å². The molecule has 2 aromatic carbocycles. The third-order valence-corrected chi connectivity index (χ3v) is 6.84. The number of pyridine rings is 1. The van der Waals surface area contributed by atoms with Crippen LogP contribution < -0.4 is 16.4 Å².